The van der Waals surface area contributed by atoms with Crippen molar-refractivity contribution >= 4 is 5.97 Å². The molecule has 0 radical (unpaired) electrons. The maximum atomic E-state index is 10.7. The minimum atomic E-state index is -0.185. The largest absolute Gasteiger partial charge is 0.469 e. The second kappa shape index (κ2) is 4.87. The Morgan fingerprint density at radius 1 is 1.80 bits per heavy atom. The maximum absolute atomic E-state index is 10.7. The first kappa shape index (κ1) is 9.03. The van der Waals surface area contributed by atoms with Crippen molar-refractivity contribution in [2.45, 2.75) is 19.8 Å². The molecule has 0 saturated heterocycles. The topological polar surface area (TPSA) is 26.3 Å². The predicted octanol–water partition coefficient (Wildman–Crippen LogP) is 1.21. The lowest BCUT2D eigenvalue weighted by molar-refractivity contribution is -0.144. The Bertz CT molecular complexity index is 144. The van der Waals surface area contributed by atoms with Crippen LogP contribution in [0.4, 0.5) is 0 Å². The lowest BCUT2D eigenvalue weighted by Crippen LogP contribution is -2.11. The number of rotatable bonds is 3. The van der Waals surface area contributed by atoms with Crippen molar-refractivity contribution in [1.82, 2.24) is 0 Å². The number of hydrogen-bond donors (Lipinski definition) is 0. The van der Waals surface area contributed by atoms with Gasteiger partial charge in [-0.25, -0.2) is 0 Å². The van der Waals surface area contributed by atoms with Crippen molar-refractivity contribution < 1.29 is 9.53 Å². The van der Waals surface area contributed by atoms with E-state index < -0.39 is 0 Å². The first-order valence-corrected chi connectivity index (χ1v) is 3.23. The van der Waals surface area contributed by atoms with Crippen LogP contribution in [0.25, 0.3) is 0 Å². The summed E-state index contributed by atoms with van der Waals surface area (Å²) in [4.78, 5) is 10.7. The van der Waals surface area contributed by atoms with Gasteiger partial charge < -0.3 is 4.74 Å². The number of hydrogen-bond acceptors (Lipinski definition) is 2. The first-order valence-electron chi connectivity index (χ1n) is 3.23. The van der Waals surface area contributed by atoms with Crippen molar-refractivity contribution in [1.29, 1.82) is 0 Å². The van der Waals surface area contributed by atoms with Gasteiger partial charge >= 0.3 is 5.97 Å². The third kappa shape index (κ3) is 3.13. The summed E-state index contributed by atoms with van der Waals surface area (Å²) >= 11 is 0. The van der Waals surface area contributed by atoms with E-state index in [2.05, 4.69) is 10.7 Å². The van der Waals surface area contributed by atoms with E-state index in [4.69, 9.17) is 6.42 Å². The minimum absolute atomic E-state index is 0.0685. The molecule has 2 heteroatoms. The van der Waals surface area contributed by atoms with Crippen LogP contribution in [-0.2, 0) is 9.53 Å². The lowest BCUT2D eigenvalue weighted by Gasteiger charge is -2.04. The van der Waals surface area contributed by atoms with Gasteiger partial charge in [0.1, 0.15) is 0 Å². The number of carbonyl (C=O) groups is 1. The minimum Gasteiger partial charge on any atom is -0.469 e. The molecule has 0 rings (SSSR count). The summed E-state index contributed by atoms with van der Waals surface area (Å²) in [5.41, 5.74) is 0. The van der Waals surface area contributed by atoms with E-state index in [1.165, 1.54) is 7.11 Å². The highest BCUT2D eigenvalue weighted by Crippen LogP contribution is 2.05. The molecule has 0 N–H and O–H groups in total. The van der Waals surface area contributed by atoms with Gasteiger partial charge in [-0.3, -0.25) is 4.79 Å². The van der Waals surface area contributed by atoms with E-state index in [-0.39, 0.29) is 11.9 Å². The Morgan fingerprint density at radius 2 is 2.40 bits per heavy atom. The molecule has 0 aromatic carbocycles. The standard InChI is InChI=1S/C8H12O2/c1-4-5-6-7(2)8(9)10-3/h1,7H,5-6H2,2-3H3/t7-/m1/s1. The second-order valence-corrected chi connectivity index (χ2v) is 2.17. The van der Waals surface area contributed by atoms with Crippen molar-refractivity contribution in [3.8, 4) is 12.3 Å². The van der Waals surface area contributed by atoms with Gasteiger partial charge in [-0.05, 0) is 6.42 Å². The molecular formula is C8H12O2. The summed E-state index contributed by atoms with van der Waals surface area (Å²) in [6, 6.07) is 0. The molecule has 0 aromatic rings. The van der Waals surface area contributed by atoms with Crippen LogP contribution in [-0.4, -0.2) is 13.1 Å². The average molecular weight is 140 g/mol. The molecule has 0 aliphatic carbocycles. The van der Waals surface area contributed by atoms with Crippen LogP contribution in [0, 0.1) is 18.3 Å². The number of methoxy groups -OCH3 is 1. The van der Waals surface area contributed by atoms with Gasteiger partial charge in [-0.1, -0.05) is 6.92 Å². The highest BCUT2D eigenvalue weighted by Gasteiger charge is 2.10. The van der Waals surface area contributed by atoms with Crippen LogP contribution in [0.3, 0.4) is 0 Å². The summed E-state index contributed by atoms with van der Waals surface area (Å²) in [5, 5.41) is 0. The van der Waals surface area contributed by atoms with Gasteiger partial charge in [0.2, 0.25) is 0 Å². The van der Waals surface area contributed by atoms with E-state index >= 15 is 0 Å². The normalized spacial score (nSPS) is 11.7. The van der Waals surface area contributed by atoms with Crippen LogP contribution >= 0.6 is 0 Å². The quantitative estimate of drug-likeness (QED) is 0.435. The van der Waals surface area contributed by atoms with Crippen LogP contribution in [0.15, 0.2) is 0 Å². The number of esters is 1. The van der Waals surface area contributed by atoms with E-state index in [9.17, 15) is 4.79 Å². The Kier molecular flexibility index (Phi) is 4.39. The monoisotopic (exact) mass is 140 g/mol. The molecule has 0 aliphatic heterocycles. The Morgan fingerprint density at radius 3 is 2.80 bits per heavy atom. The van der Waals surface area contributed by atoms with Crippen LogP contribution in [0.2, 0.25) is 0 Å². The molecule has 10 heavy (non-hydrogen) atoms. The van der Waals surface area contributed by atoms with Gasteiger partial charge in [0.05, 0.1) is 13.0 Å². The highest BCUT2D eigenvalue weighted by molar-refractivity contribution is 5.71. The summed E-state index contributed by atoms with van der Waals surface area (Å²) < 4.78 is 4.50. The molecule has 56 valence electrons. The fourth-order valence-corrected chi connectivity index (χ4v) is 0.619. The van der Waals surface area contributed by atoms with E-state index in [1.54, 1.807) is 0 Å². The molecule has 2 nitrogen and oxygen atoms in total. The van der Waals surface area contributed by atoms with Crippen molar-refractivity contribution in [3.05, 3.63) is 0 Å². The van der Waals surface area contributed by atoms with Crippen molar-refractivity contribution in [2.75, 3.05) is 7.11 Å². The molecular weight excluding hydrogens is 128 g/mol. The Labute approximate surface area is 61.6 Å². The van der Waals surface area contributed by atoms with Gasteiger partial charge in [0, 0.05) is 6.42 Å². The Balaban J connectivity index is 3.53. The molecule has 0 spiro atoms. The molecule has 0 bridgehead atoms. The average Bonchev–Trinajstić information content (AvgIpc) is 1.98. The molecule has 0 aromatic heterocycles. The lowest BCUT2D eigenvalue weighted by atomic mass is 10.1. The first-order chi connectivity index (χ1) is 4.72. The second-order valence-electron chi connectivity index (χ2n) is 2.17. The third-order valence-electron chi connectivity index (χ3n) is 1.33. The number of ether oxygens (including phenoxy) is 1. The predicted molar refractivity (Wildman–Crippen MR) is 39.2 cm³/mol. The van der Waals surface area contributed by atoms with Gasteiger partial charge in [0.15, 0.2) is 0 Å². The van der Waals surface area contributed by atoms with Gasteiger partial charge in [-0.2, -0.15) is 0 Å². The zero-order valence-electron chi connectivity index (χ0n) is 6.39. The summed E-state index contributed by atoms with van der Waals surface area (Å²) in [7, 11) is 1.38. The fraction of sp³-hybridized carbons (Fsp3) is 0.625. The zero-order valence-corrected chi connectivity index (χ0v) is 6.39. The van der Waals surface area contributed by atoms with Crippen LogP contribution < -0.4 is 0 Å². The molecule has 0 fully saturated rings. The third-order valence-corrected chi connectivity index (χ3v) is 1.33. The molecule has 0 amide bonds. The van der Waals surface area contributed by atoms with Crippen molar-refractivity contribution in [3.63, 3.8) is 0 Å². The van der Waals surface area contributed by atoms with E-state index in [0.29, 0.717) is 12.8 Å². The Hall–Kier alpha value is -0.970. The summed E-state index contributed by atoms with van der Waals surface area (Å²) in [6.45, 7) is 1.81. The summed E-state index contributed by atoms with van der Waals surface area (Å²) in [5.74, 6) is 2.22. The molecule has 0 saturated carbocycles. The molecule has 0 heterocycles. The van der Waals surface area contributed by atoms with Crippen LogP contribution in [0.1, 0.15) is 19.8 Å². The summed E-state index contributed by atoms with van der Waals surface area (Å²) in [6.07, 6.45) is 6.36. The van der Waals surface area contributed by atoms with Crippen LogP contribution in [0.5, 0.6) is 0 Å². The van der Waals surface area contributed by atoms with Gasteiger partial charge in [0.25, 0.3) is 0 Å². The zero-order chi connectivity index (χ0) is 7.98. The SMILES string of the molecule is C#CCC[C@@H](C)C(=O)OC. The van der Waals surface area contributed by atoms with E-state index in [1.807, 2.05) is 6.92 Å². The van der Waals surface area contributed by atoms with E-state index in [0.717, 1.165) is 0 Å². The molecule has 1 atom stereocenters. The highest BCUT2D eigenvalue weighted by atomic mass is 16.5. The smallest absolute Gasteiger partial charge is 0.308 e. The fourth-order valence-electron chi connectivity index (χ4n) is 0.619. The molecule has 0 unspecified atom stereocenters. The van der Waals surface area contributed by atoms with Crippen molar-refractivity contribution in [2.24, 2.45) is 5.92 Å². The maximum Gasteiger partial charge on any atom is 0.308 e. The number of carbonyl (C=O) groups excluding carboxylic acids is 1. The van der Waals surface area contributed by atoms with Gasteiger partial charge in [-0.15, -0.1) is 12.3 Å². The molecule has 0 aliphatic rings. The number of terminal acetylenes is 1.